The molecule has 88 valence electrons. The molecule has 0 amide bonds. The Bertz CT molecular complexity index is 568. The first-order chi connectivity index (χ1) is 8.15. The highest BCUT2D eigenvalue weighted by molar-refractivity contribution is 7.98. The predicted molar refractivity (Wildman–Crippen MR) is 70.8 cm³/mol. The van der Waals surface area contributed by atoms with Gasteiger partial charge in [-0.1, -0.05) is 23.2 Å². The third-order valence-corrected chi connectivity index (χ3v) is 3.47. The third-order valence-electron chi connectivity index (χ3n) is 2.01. The molecule has 0 aliphatic rings. The molecule has 0 saturated heterocycles. The summed E-state index contributed by atoms with van der Waals surface area (Å²) in [5, 5.41) is 1.14. The molecule has 0 saturated carbocycles. The molecule has 0 aliphatic carbocycles. The molecule has 1 heterocycles. The first-order valence-corrected chi connectivity index (χ1v) is 6.49. The van der Waals surface area contributed by atoms with Gasteiger partial charge in [0.2, 0.25) is 0 Å². The Labute approximate surface area is 112 Å². The number of aromatic nitrogens is 2. The highest BCUT2D eigenvalue weighted by atomic mass is 35.5. The number of hydrogen-bond donors (Lipinski definition) is 0. The van der Waals surface area contributed by atoms with Gasteiger partial charge in [-0.15, -0.1) is 11.8 Å². The van der Waals surface area contributed by atoms with Crippen molar-refractivity contribution < 1.29 is 0 Å². The Hall–Kier alpha value is -0.970. The van der Waals surface area contributed by atoms with E-state index in [1.807, 2.05) is 24.3 Å². The van der Waals surface area contributed by atoms with Gasteiger partial charge in [-0.25, -0.2) is 4.79 Å². The highest BCUT2D eigenvalue weighted by Crippen LogP contribution is 2.21. The van der Waals surface area contributed by atoms with Crippen molar-refractivity contribution in [2.24, 2.45) is 0 Å². The topological polar surface area (TPSA) is 34.9 Å². The van der Waals surface area contributed by atoms with Gasteiger partial charge in [0, 0.05) is 16.1 Å². The van der Waals surface area contributed by atoms with E-state index in [2.05, 4.69) is 4.98 Å². The largest absolute Gasteiger partial charge is 0.348 e. The van der Waals surface area contributed by atoms with E-state index in [-0.39, 0.29) is 5.69 Å². The molecule has 6 heteroatoms. The molecule has 0 atom stereocenters. The monoisotopic (exact) mass is 286 g/mol. The first kappa shape index (κ1) is 12.5. The van der Waals surface area contributed by atoms with Crippen LogP contribution >= 0.6 is 35.0 Å². The fourth-order valence-electron chi connectivity index (χ4n) is 1.20. The van der Waals surface area contributed by atoms with Crippen LogP contribution in [0.15, 0.2) is 46.3 Å². The van der Waals surface area contributed by atoms with Gasteiger partial charge in [-0.2, -0.15) is 4.98 Å². The Balaban J connectivity index is 2.09. The van der Waals surface area contributed by atoms with Crippen LogP contribution in [0.5, 0.6) is 0 Å². The van der Waals surface area contributed by atoms with Crippen LogP contribution in [0.4, 0.5) is 0 Å². The molecule has 3 nitrogen and oxygen atoms in total. The maximum absolute atomic E-state index is 11.4. The SMILES string of the molecule is O=c1ncc(Cl)cn1CSc1ccc(Cl)cc1. The summed E-state index contributed by atoms with van der Waals surface area (Å²) >= 11 is 13.1. The van der Waals surface area contributed by atoms with Crippen LogP contribution in [0.2, 0.25) is 10.0 Å². The molecule has 1 aromatic carbocycles. The summed E-state index contributed by atoms with van der Waals surface area (Å²) in [6.45, 7) is 0. The van der Waals surface area contributed by atoms with Gasteiger partial charge >= 0.3 is 5.69 Å². The Morgan fingerprint density at radius 3 is 2.59 bits per heavy atom. The maximum atomic E-state index is 11.4. The van der Waals surface area contributed by atoms with Crippen molar-refractivity contribution in [3.63, 3.8) is 0 Å². The van der Waals surface area contributed by atoms with E-state index in [1.165, 1.54) is 22.5 Å². The van der Waals surface area contributed by atoms with Crippen LogP contribution in [0.1, 0.15) is 0 Å². The molecule has 0 N–H and O–H groups in total. The van der Waals surface area contributed by atoms with Gasteiger partial charge in [0.1, 0.15) is 0 Å². The summed E-state index contributed by atoms with van der Waals surface area (Å²) in [6, 6.07) is 7.41. The van der Waals surface area contributed by atoms with E-state index >= 15 is 0 Å². The molecular formula is C11H8Cl2N2OS. The van der Waals surface area contributed by atoms with Crippen molar-refractivity contribution in [1.29, 1.82) is 0 Å². The van der Waals surface area contributed by atoms with Crippen molar-refractivity contribution >= 4 is 35.0 Å². The van der Waals surface area contributed by atoms with E-state index in [0.29, 0.717) is 15.9 Å². The van der Waals surface area contributed by atoms with Gasteiger partial charge < -0.3 is 0 Å². The van der Waals surface area contributed by atoms with Crippen molar-refractivity contribution in [1.82, 2.24) is 9.55 Å². The lowest BCUT2D eigenvalue weighted by atomic mass is 10.4. The van der Waals surface area contributed by atoms with E-state index in [9.17, 15) is 4.79 Å². The summed E-state index contributed by atoms with van der Waals surface area (Å²) in [5.74, 6) is 0.466. The van der Waals surface area contributed by atoms with Crippen molar-refractivity contribution in [2.45, 2.75) is 10.8 Å². The first-order valence-electron chi connectivity index (χ1n) is 4.75. The zero-order chi connectivity index (χ0) is 12.3. The summed E-state index contributed by atoms with van der Waals surface area (Å²) in [7, 11) is 0. The Morgan fingerprint density at radius 1 is 1.18 bits per heavy atom. The summed E-state index contributed by atoms with van der Waals surface area (Å²) in [4.78, 5) is 16.1. The van der Waals surface area contributed by atoms with Crippen LogP contribution in [0, 0.1) is 0 Å². The fraction of sp³-hybridized carbons (Fsp3) is 0.0909. The molecule has 0 bridgehead atoms. The minimum Gasteiger partial charge on any atom is -0.288 e. The van der Waals surface area contributed by atoms with E-state index in [4.69, 9.17) is 23.2 Å². The van der Waals surface area contributed by atoms with E-state index < -0.39 is 0 Å². The Morgan fingerprint density at radius 2 is 1.88 bits per heavy atom. The zero-order valence-electron chi connectivity index (χ0n) is 8.64. The Kier molecular flexibility index (Phi) is 4.10. The average molecular weight is 287 g/mol. The number of hydrogen-bond acceptors (Lipinski definition) is 3. The van der Waals surface area contributed by atoms with Crippen LogP contribution in [0.25, 0.3) is 0 Å². The molecule has 2 rings (SSSR count). The van der Waals surface area contributed by atoms with Crippen molar-refractivity contribution in [3.05, 3.63) is 57.2 Å². The average Bonchev–Trinajstić information content (AvgIpc) is 2.32. The third kappa shape index (κ3) is 3.49. The summed E-state index contributed by atoms with van der Waals surface area (Å²) < 4.78 is 1.46. The maximum Gasteiger partial charge on any atom is 0.348 e. The minimum atomic E-state index is -0.309. The molecule has 0 radical (unpaired) electrons. The lowest BCUT2D eigenvalue weighted by molar-refractivity contribution is 0.793. The van der Waals surface area contributed by atoms with Gasteiger partial charge in [-0.3, -0.25) is 4.57 Å². The van der Waals surface area contributed by atoms with Gasteiger partial charge in [-0.05, 0) is 24.3 Å². The number of benzene rings is 1. The summed E-state index contributed by atoms with van der Waals surface area (Å²) in [6.07, 6.45) is 2.91. The highest BCUT2D eigenvalue weighted by Gasteiger charge is 2.00. The normalized spacial score (nSPS) is 10.5. The predicted octanol–water partition coefficient (Wildman–Crippen LogP) is 3.30. The van der Waals surface area contributed by atoms with Gasteiger partial charge in [0.25, 0.3) is 0 Å². The second kappa shape index (κ2) is 5.58. The lowest BCUT2D eigenvalue weighted by Crippen LogP contribution is -2.20. The number of rotatable bonds is 3. The van der Waals surface area contributed by atoms with Crippen LogP contribution in [-0.4, -0.2) is 9.55 Å². The number of halogens is 2. The smallest absolute Gasteiger partial charge is 0.288 e. The van der Waals surface area contributed by atoms with E-state index in [1.54, 1.807) is 6.20 Å². The molecule has 0 spiro atoms. The standard InChI is InChI=1S/C11H8Cl2N2OS/c12-8-1-3-10(4-2-8)17-7-15-6-9(13)5-14-11(15)16/h1-6H,7H2. The minimum absolute atomic E-state index is 0.309. The molecule has 2 aromatic rings. The van der Waals surface area contributed by atoms with Crippen molar-refractivity contribution in [3.8, 4) is 0 Å². The van der Waals surface area contributed by atoms with Crippen molar-refractivity contribution in [2.75, 3.05) is 0 Å². The van der Waals surface area contributed by atoms with Crippen LogP contribution in [-0.2, 0) is 5.88 Å². The second-order valence-electron chi connectivity index (χ2n) is 3.25. The molecule has 1 aromatic heterocycles. The summed E-state index contributed by atoms with van der Waals surface area (Å²) in [5.41, 5.74) is -0.309. The fourth-order valence-corrected chi connectivity index (χ4v) is 2.29. The quantitative estimate of drug-likeness (QED) is 0.812. The van der Waals surface area contributed by atoms with E-state index in [0.717, 1.165) is 4.90 Å². The lowest BCUT2D eigenvalue weighted by Gasteiger charge is -2.04. The molecular weight excluding hydrogens is 279 g/mol. The van der Waals surface area contributed by atoms with Gasteiger partial charge in [0.05, 0.1) is 17.1 Å². The second-order valence-corrected chi connectivity index (χ2v) is 5.14. The number of nitrogens with zero attached hydrogens (tertiary/aromatic N) is 2. The molecule has 0 aliphatic heterocycles. The molecule has 0 unspecified atom stereocenters. The molecule has 0 fully saturated rings. The molecule has 17 heavy (non-hydrogen) atoms. The zero-order valence-corrected chi connectivity index (χ0v) is 11.0. The van der Waals surface area contributed by atoms with Crippen LogP contribution in [0.3, 0.4) is 0 Å². The van der Waals surface area contributed by atoms with Crippen LogP contribution < -0.4 is 5.69 Å². The van der Waals surface area contributed by atoms with Gasteiger partial charge in [0.15, 0.2) is 0 Å². The number of thioether (sulfide) groups is 1.